The molecule has 7 heteroatoms. The summed E-state index contributed by atoms with van der Waals surface area (Å²) in [5.41, 5.74) is 2.56. The lowest BCUT2D eigenvalue weighted by Crippen LogP contribution is -2.36. The number of fused-ring (bicyclic) bond motifs is 1. The zero-order chi connectivity index (χ0) is 19.8. The topological polar surface area (TPSA) is 57.7 Å². The molecule has 3 rings (SSSR count). The molecule has 0 saturated heterocycles. The van der Waals surface area contributed by atoms with Gasteiger partial charge >= 0.3 is 0 Å². The highest BCUT2D eigenvalue weighted by atomic mass is 35.5. The molecule has 0 atom stereocenters. The van der Waals surface area contributed by atoms with Crippen molar-refractivity contribution >= 4 is 27.5 Å². The third-order valence-corrected chi connectivity index (χ3v) is 7.35. The van der Waals surface area contributed by atoms with Crippen molar-refractivity contribution in [1.29, 1.82) is 0 Å². The third-order valence-electron chi connectivity index (χ3n) is 4.99. The van der Waals surface area contributed by atoms with Crippen molar-refractivity contribution in [2.45, 2.75) is 37.8 Å². The average Bonchev–Trinajstić information content (AvgIpc) is 2.66. The summed E-state index contributed by atoms with van der Waals surface area (Å²) >= 11 is 6.25. The van der Waals surface area contributed by atoms with Crippen LogP contribution in [0.25, 0.3) is 0 Å². The molecule has 1 heterocycles. The van der Waals surface area contributed by atoms with Gasteiger partial charge in [-0.1, -0.05) is 35.9 Å². The SMILES string of the molecule is CC(C)N(C)S(=O)(=O)c1ccc(Cl)c(C(=O)N2CCc3ccccc3C2)c1. The summed E-state index contributed by atoms with van der Waals surface area (Å²) in [6, 6.07) is 12.1. The Kier molecular flexibility index (Phi) is 5.60. The number of nitrogens with zero attached hydrogens (tertiary/aromatic N) is 2. The number of sulfonamides is 1. The Morgan fingerprint density at radius 2 is 1.81 bits per heavy atom. The molecular formula is C20H23ClN2O3S. The number of halogens is 1. The number of amides is 1. The second-order valence-corrected chi connectivity index (χ2v) is 9.41. The molecule has 1 aliphatic rings. The normalized spacial score (nSPS) is 14.5. The van der Waals surface area contributed by atoms with Crippen molar-refractivity contribution in [2.75, 3.05) is 13.6 Å². The molecule has 0 bridgehead atoms. The van der Waals surface area contributed by atoms with Crippen molar-refractivity contribution in [3.8, 4) is 0 Å². The zero-order valence-electron chi connectivity index (χ0n) is 15.6. The summed E-state index contributed by atoms with van der Waals surface area (Å²) in [4.78, 5) is 14.8. The minimum atomic E-state index is -3.69. The van der Waals surface area contributed by atoms with E-state index in [1.807, 2.05) is 18.2 Å². The molecule has 0 radical (unpaired) electrons. The number of benzene rings is 2. The van der Waals surface area contributed by atoms with Gasteiger partial charge < -0.3 is 4.90 Å². The summed E-state index contributed by atoms with van der Waals surface area (Å²) in [6.45, 7) is 4.67. The number of hydrogen-bond acceptors (Lipinski definition) is 3. The molecule has 0 unspecified atom stereocenters. The van der Waals surface area contributed by atoms with Gasteiger partial charge in [0.25, 0.3) is 5.91 Å². The maximum atomic E-state index is 13.0. The van der Waals surface area contributed by atoms with E-state index in [4.69, 9.17) is 11.6 Å². The number of hydrogen-bond donors (Lipinski definition) is 0. The lowest BCUT2D eigenvalue weighted by molar-refractivity contribution is 0.0734. The van der Waals surface area contributed by atoms with Crippen molar-refractivity contribution in [2.24, 2.45) is 0 Å². The van der Waals surface area contributed by atoms with Gasteiger partial charge in [0.05, 0.1) is 15.5 Å². The Bertz CT molecular complexity index is 973. The second kappa shape index (κ2) is 7.62. The smallest absolute Gasteiger partial charge is 0.255 e. The largest absolute Gasteiger partial charge is 0.334 e. The highest BCUT2D eigenvalue weighted by molar-refractivity contribution is 7.89. The summed E-state index contributed by atoms with van der Waals surface area (Å²) in [7, 11) is -2.16. The van der Waals surface area contributed by atoms with Crippen LogP contribution in [0.4, 0.5) is 0 Å². The molecule has 2 aromatic rings. The van der Waals surface area contributed by atoms with E-state index in [9.17, 15) is 13.2 Å². The Labute approximate surface area is 165 Å². The van der Waals surface area contributed by atoms with Crippen LogP contribution < -0.4 is 0 Å². The summed E-state index contributed by atoms with van der Waals surface area (Å²) < 4.78 is 26.8. The molecular weight excluding hydrogens is 384 g/mol. The zero-order valence-corrected chi connectivity index (χ0v) is 17.2. The lowest BCUT2D eigenvalue weighted by atomic mass is 9.99. The van der Waals surface area contributed by atoms with Crippen LogP contribution in [0.15, 0.2) is 47.4 Å². The quantitative estimate of drug-likeness (QED) is 0.779. The predicted octanol–water partition coefficient (Wildman–Crippen LogP) is 3.57. The first-order valence-electron chi connectivity index (χ1n) is 8.85. The first-order chi connectivity index (χ1) is 12.7. The van der Waals surface area contributed by atoms with E-state index in [1.165, 1.54) is 35.1 Å². The molecule has 0 aromatic heterocycles. The second-order valence-electron chi connectivity index (χ2n) is 7.00. The van der Waals surface area contributed by atoms with E-state index in [1.54, 1.807) is 18.7 Å². The molecule has 0 spiro atoms. The maximum Gasteiger partial charge on any atom is 0.255 e. The van der Waals surface area contributed by atoms with Gasteiger partial charge in [-0.2, -0.15) is 4.31 Å². The molecule has 1 aliphatic heterocycles. The average molecular weight is 407 g/mol. The fraction of sp³-hybridized carbons (Fsp3) is 0.350. The van der Waals surface area contributed by atoms with Gasteiger partial charge in [0.2, 0.25) is 10.0 Å². The van der Waals surface area contributed by atoms with Crippen molar-refractivity contribution in [3.05, 3.63) is 64.2 Å². The van der Waals surface area contributed by atoms with Crippen LogP contribution in [0, 0.1) is 0 Å². The molecule has 1 amide bonds. The van der Waals surface area contributed by atoms with Crippen LogP contribution in [0.1, 0.15) is 35.3 Å². The van der Waals surface area contributed by atoms with Gasteiger partial charge in [0.15, 0.2) is 0 Å². The molecule has 0 aliphatic carbocycles. The molecule has 27 heavy (non-hydrogen) atoms. The summed E-state index contributed by atoms with van der Waals surface area (Å²) in [5, 5.41) is 0.255. The van der Waals surface area contributed by atoms with Gasteiger partial charge in [-0.05, 0) is 49.6 Å². The van der Waals surface area contributed by atoms with Gasteiger partial charge in [0.1, 0.15) is 0 Å². The fourth-order valence-electron chi connectivity index (χ4n) is 3.11. The van der Waals surface area contributed by atoms with E-state index < -0.39 is 10.0 Å². The van der Waals surface area contributed by atoms with Crippen LogP contribution in [0.2, 0.25) is 5.02 Å². The van der Waals surface area contributed by atoms with E-state index in [0.29, 0.717) is 13.1 Å². The van der Waals surface area contributed by atoms with Gasteiger partial charge in [-0.15, -0.1) is 0 Å². The molecule has 144 valence electrons. The Morgan fingerprint density at radius 3 is 2.48 bits per heavy atom. The lowest BCUT2D eigenvalue weighted by Gasteiger charge is -2.29. The van der Waals surface area contributed by atoms with E-state index >= 15 is 0 Å². The maximum absolute atomic E-state index is 13.0. The standard InChI is InChI=1S/C20H23ClN2O3S/c1-14(2)22(3)27(25,26)17-8-9-19(21)18(12-17)20(24)23-11-10-15-6-4-5-7-16(15)13-23/h4-9,12,14H,10-11,13H2,1-3H3. The Morgan fingerprint density at radius 1 is 1.15 bits per heavy atom. The summed E-state index contributed by atoms with van der Waals surface area (Å²) in [6.07, 6.45) is 0.771. The minimum absolute atomic E-state index is 0.0730. The van der Waals surface area contributed by atoms with E-state index in [-0.39, 0.29) is 27.4 Å². The molecule has 0 fully saturated rings. The van der Waals surface area contributed by atoms with Gasteiger partial charge in [-0.25, -0.2) is 8.42 Å². The van der Waals surface area contributed by atoms with Crippen molar-refractivity contribution in [1.82, 2.24) is 9.21 Å². The number of carbonyl (C=O) groups is 1. The van der Waals surface area contributed by atoms with Crippen LogP contribution in [0.5, 0.6) is 0 Å². The molecule has 0 N–H and O–H groups in total. The fourth-order valence-corrected chi connectivity index (χ4v) is 4.70. The molecule has 5 nitrogen and oxygen atoms in total. The first kappa shape index (κ1) is 19.9. The highest BCUT2D eigenvalue weighted by Crippen LogP contribution is 2.27. The Balaban J connectivity index is 1.92. The van der Waals surface area contributed by atoms with E-state index in [0.717, 1.165) is 12.0 Å². The predicted molar refractivity (Wildman–Crippen MR) is 106 cm³/mol. The summed E-state index contributed by atoms with van der Waals surface area (Å²) in [5.74, 6) is -0.251. The van der Waals surface area contributed by atoms with Gasteiger partial charge in [-0.3, -0.25) is 4.79 Å². The van der Waals surface area contributed by atoms with E-state index in [2.05, 4.69) is 6.07 Å². The number of rotatable bonds is 4. The van der Waals surface area contributed by atoms with Crippen LogP contribution in [0.3, 0.4) is 0 Å². The highest BCUT2D eigenvalue weighted by Gasteiger charge is 2.27. The monoisotopic (exact) mass is 406 g/mol. The van der Waals surface area contributed by atoms with Crippen LogP contribution in [-0.4, -0.2) is 43.2 Å². The van der Waals surface area contributed by atoms with Gasteiger partial charge in [0, 0.05) is 26.2 Å². The Hall–Kier alpha value is -1.89. The minimum Gasteiger partial charge on any atom is -0.334 e. The first-order valence-corrected chi connectivity index (χ1v) is 10.7. The van der Waals surface area contributed by atoms with Crippen molar-refractivity contribution < 1.29 is 13.2 Å². The van der Waals surface area contributed by atoms with Crippen LogP contribution >= 0.6 is 11.6 Å². The number of carbonyl (C=O) groups excluding carboxylic acids is 1. The third kappa shape index (κ3) is 3.88. The van der Waals surface area contributed by atoms with Crippen LogP contribution in [-0.2, 0) is 23.0 Å². The van der Waals surface area contributed by atoms with Crippen molar-refractivity contribution in [3.63, 3.8) is 0 Å². The molecule has 0 saturated carbocycles. The molecule has 2 aromatic carbocycles.